The van der Waals surface area contributed by atoms with Gasteiger partial charge in [-0.25, -0.2) is 0 Å². The van der Waals surface area contributed by atoms with Crippen LogP contribution in [-0.4, -0.2) is 27.0 Å². The second-order valence-electron chi connectivity index (χ2n) is 7.32. The lowest BCUT2D eigenvalue weighted by Gasteiger charge is -2.19. The van der Waals surface area contributed by atoms with Crippen LogP contribution < -0.4 is 0 Å². The van der Waals surface area contributed by atoms with E-state index in [1.807, 2.05) is 30.3 Å². The topological polar surface area (TPSA) is 72.4 Å². The molecule has 1 aliphatic carbocycles. The lowest BCUT2D eigenvalue weighted by Crippen LogP contribution is -2.32. The number of carbonyl (C=O) groups excluding carboxylic acids is 1. The summed E-state index contributed by atoms with van der Waals surface area (Å²) in [6.45, 7) is 0.215. The fourth-order valence-corrected chi connectivity index (χ4v) is 3.68. The second kappa shape index (κ2) is 8.21. The van der Waals surface area contributed by atoms with Crippen molar-refractivity contribution in [3.8, 4) is 22.8 Å². The first-order valence-corrected chi connectivity index (χ1v) is 10.6. The van der Waals surface area contributed by atoms with Gasteiger partial charge in [-0.3, -0.25) is 4.79 Å². The summed E-state index contributed by atoms with van der Waals surface area (Å²) in [7, 11) is 0. The first kappa shape index (κ1) is 19.8. The zero-order valence-corrected chi connectivity index (χ0v) is 17.8. The molecular weight excluding hydrogens is 437 g/mol. The maximum Gasteiger partial charge on any atom is 0.290 e. The molecule has 8 heteroatoms. The second-order valence-corrected chi connectivity index (χ2v) is 8.16. The highest BCUT2D eigenvalue weighted by molar-refractivity contribution is 6.33. The molecule has 0 saturated heterocycles. The Labute approximate surface area is 188 Å². The molecule has 6 nitrogen and oxygen atoms in total. The fraction of sp³-hybridized carbons (Fsp3) is 0.174. The van der Waals surface area contributed by atoms with Gasteiger partial charge >= 0.3 is 0 Å². The Morgan fingerprint density at radius 3 is 2.48 bits per heavy atom. The molecule has 0 atom stereocenters. The molecule has 4 aromatic rings. The van der Waals surface area contributed by atoms with E-state index in [1.165, 1.54) is 0 Å². The molecule has 0 aliphatic heterocycles. The highest BCUT2D eigenvalue weighted by atomic mass is 35.5. The van der Waals surface area contributed by atoms with Crippen LogP contribution in [0.1, 0.15) is 29.3 Å². The molecule has 0 spiro atoms. The largest absolute Gasteiger partial charge is 0.451 e. The summed E-state index contributed by atoms with van der Waals surface area (Å²) in [4.78, 5) is 14.9. The SMILES string of the molecule is O=C(c1ccc(-c2ccccc2Cl)o1)N(Cc1nnc(-c2ccc(Cl)cc2)o1)C1CC1. The number of aromatic nitrogens is 2. The monoisotopic (exact) mass is 453 g/mol. The van der Waals surface area contributed by atoms with Crippen LogP contribution in [0.15, 0.2) is 69.5 Å². The molecule has 1 fully saturated rings. The summed E-state index contributed by atoms with van der Waals surface area (Å²) in [5, 5.41) is 9.41. The first-order chi connectivity index (χ1) is 15.1. The number of amides is 1. The summed E-state index contributed by atoms with van der Waals surface area (Å²) in [6, 6.07) is 18.0. The smallest absolute Gasteiger partial charge is 0.290 e. The molecule has 1 aliphatic rings. The normalized spacial score (nSPS) is 13.4. The van der Waals surface area contributed by atoms with Crippen molar-refractivity contribution in [2.45, 2.75) is 25.4 Å². The molecular formula is C23H17Cl2N3O3. The zero-order valence-electron chi connectivity index (χ0n) is 16.3. The number of rotatable bonds is 6. The first-order valence-electron chi connectivity index (χ1n) is 9.82. The highest BCUT2D eigenvalue weighted by Crippen LogP contribution is 2.33. The highest BCUT2D eigenvalue weighted by Gasteiger charge is 2.35. The van der Waals surface area contributed by atoms with Gasteiger partial charge in [0.15, 0.2) is 5.76 Å². The Bertz CT molecular complexity index is 1230. The maximum absolute atomic E-state index is 13.2. The van der Waals surface area contributed by atoms with E-state index in [0.29, 0.717) is 27.6 Å². The van der Waals surface area contributed by atoms with E-state index in [1.54, 1.807) is 35.2 Å². The van der Waals surface area contributed by atoms with E-state index in [4.69, 9.17) is 32.0 Å². The number of hydrogen-bond acceptors (Lipinski definition) is 5. The number of hydrogen-bond donors (Lipinski definition) is 0. The van der Waals surface area contributed by atoms with E-state index < -0.39 is 0 Å². The third kappa shape index (κ3) is 4.22. The van der Waals surface area contributed by atoms with Crippen molar-refractivity contribution in [2.24, 2.45) is 0 Å². The zero-order chi connectivity index (χ0) is 21.4. The van der Waals surface area contributed by atoms with Gasteiger partial charge in [-0.2, -0.15) is 0 Å². The van der Waals surface area contributed by atoms with Crippen molar-refractivity contribution < 1.29 is 13.6 Å². The Morgan fingerprint density at radius 1 is 0.968 bits per heavy atom. The molecule has 1 saturated carbocycles. The van der Waals surface area contributed by atoms with Gasteiger partial charge in [0.2, 0.25) is 11.8 Å². The minimum Gasteiger partial charge on any atom is -0.451 e. The molecule has 1 amide bonds. The van der Waals surface area contributed by atoms with E-state index in [-0.39, 0.29) is 24.3 Å². The third-order valence-electron chi connectivity index (χ3n) is 5.07. The van der Waals surface area contributed by atoms with Crippen LogP contribution >= 0.6 is 23.2 Å². The summed E-state index contributed by atoms with van der Waals surface area (Å²) in [5.74, 6) is 1.33. The minimum absolute atomic E-state index is 0.132. The number of benzene rings is 2. The van der Waals surface area contributed by atoms with Crippen molar-refractivity contribution in [3.63, 3.8) is 0 Å². The molecule has 2 aromatic heterocycles. The van der Waals surface area contributed by atoms with Crippen LogP contribution in [0.2, 0.25) is 10.0 Å². The van der Waals surface area contributed by atoms with Gasteiger partial charge in [0.05, 0.1) is 11.6 Å². The number of furan rings is 1. The summed E-state index contributed by atoms with van der Waals surface area (Å²) in [5.41, 5.74) is 1.51. The molecule has 156 valence electrons. The van der Waals surface area contributed by atoms with Crippen LogP contribution in [0.3, 0.4) is 0 Å². The van der Waals surface area contributed by atoms with E-state index in [2.05, 4.69) is 10.2 Å². The van der Waals surface area contributed by atoms with Gasteiger partial charge in [0.1, 0.15) is 5.76 Å². The summed E-state index contributed by atoms with van der Waals surface area (Å²) < 4.78 is 11.6. The average molecular weight is 454 g/mol. The van der Waals surface area contributed by atoms with Gasteiger partial charge in [0.25, 0.3) is 5.91 Å². The molecule has 2 aromatic carbocycles. The molecule has 31 heavy (non-hydrogen) atoms. The summed E-state index contributed by atoms with van der Waals surface area (Å²) >= 11 is 12.2. The maximum atomic E-state index is 13.2. The number of carbonyl (C=O) groups is 1. The molecule has 5 rings (SSSR count). The standard InChI is InChI=1S/C23H17Cl2N3O3/c24-15-7-5-14(6-8-15)22-27-26-21(31-22)13-28(16-9-10-16)23(29)20-12-11-19(30-20)17-3-1-2-4-18(17)25/h1-8,11-12,16H,9-10,13H2. The van der Waals surface area contributed by atoms with Gasteiger partial charge in [0, 0.05) is 22.2 Å². The predicted molar refractivity (Wildman–Crippen MR) is 117 cm³/mol. The quantitative estimate of drug-likeness (QED) is 0.352. The molecule has 0 unspecified atom stereocenters. The Kier molecular flexibility index (Phi) is 5.26. The average Bonchev–Trinajstić information content (AvgIpc) is 3.31. The van der Waals surface area contributed by atoms with Crippen molar-refractivity contribution in [3.05, 3.63) is 82.4 Å². The van der Waals surface area contributed by atoms with Crippen molar-refractivity contribution in [1.29, 1.82) is 0 Å². The Balaban J connectivity index is 1.36. The minimum atomic E-state index is -0.216. The van der Waals surface area contributed by atoms with Gasteiger partial charge in [-0.05, 0) is 61.4 Å². The number of halogens is 2. The van der Waals surface area contributed by atoms with Crippen LogP contribution in [0.4, 0.5) is 0 Å². The predicted octanol–water partition coefficient (Wildman–Crippen LogP) is 6.11. The van der Waals surface area contributed by atoms with E-state index in [9.17, 15) is 4.79 Å². The lowest BCUT2D eigenvalue weighted by molar-refractivity contribution is 0.0683. The van der Waals surface area contributed by atoms with Gasteiger partial charge in [-0.15, -0.1) is 10.2 Å². The van der Waals surface area contributed by atoms with Crippen molar-refractivity contribution in [1.82, 2.24) is 15.1 Å². The van der Waals surface area contributed by atoms with E-state index in [0.717, 1.165) is 24.0 Å². The lowest BCUT2D eigenvalue weighted by atomic mass is 10.2. The molecule has 0 bridgehead atoms. The third-order valence-corrected chi connectivity index (χ3v) is 5.65. The van der Waals surface area contributed by atoms with Gasteiger partial charge in [-0.1, -0.05) is 35.3 Å². The molecule has 0 radical (unpaired) electrons. The Morgan fingerprint density at radius 2 is 1.74 bits per heavy atom. The van der Waals surface area contributed by atoms with Crippen LogP contribution in [-0.2, 0) is 6.54 Å². The van der Waals surface area contributed by atoms with Crippen molar-refractivity contribution in [2.75, 3.05) is 0 Å². The van der Waals surface area contributed by atoms with E-state index >= 15 is 0 Å². The number of nitrogens with zero attached hydrogens (tertiary/aromatic N) is 3. The van der Waals surface area contributed by atoms with Crippen LogP contribution in [0.25, 0.3) is 22.8 Å². The summed E-state index contributed by atoms with van der Waals surface area (Å²) in [6.07, 6.45) is 1.87. The molecule has 2 heterocycles. The fourth-order valence-electron chi connectivity index (χ4n) is 3.33. The van der Waals surface area contributed by atoms with Crippen LogP contribution in [0, 0.1) is 0 Å². The van der Waals surface area contributed by atoms with Crippen molar-refractivity contribution >= 4 is 29.1 Å². The van der Waals surface area contributed by atoms with Crippen LogP contribution in [0.5, 0.6) is 0 Å². The molecule has 0 N–H and O–H groups in total. The Hall–Kier alpha value is -3.09. The van der Waals surface area contributed by atoms with Gasteiger partial charge < -0.3 is 13.7 Å².